The number of ketones is 1. The van der Waals surface area contributed by atoms with Crippen LogP contribution in [0.2, 0.25) is 0 Å². The lowest BCUT2D eigenvalue weighted by molar-refractivity contribution is -0.109. The van der Waals surface area contributed by atoms with Crippen LogP contribution in [-0.2, 0) is 4.79 Å². The highest BCUT2D eigenvalue weighted by Gasteiger charge is 2.11. The largest absolute Gasteiger partial charge is 0.289 e. The average molecular weight is 294 g/mol. The molecule has 0 radical (unpaired) electrons. The van der Waals surface area contributed by atoms with Gasteiger partial charge in [-0.05, 0) is 12.1 Å². The van der Waals surface area contributed by atoms with Gasteiger partial charge in [0.15, 0.2) is 10.9 Å². The topological polar surface area (TPSA) is 34.1 Å². The standard InChI is InChI=1S/C18H14O2S/c1-14(19)21-13-7-11-15-8-5-6-12-17(15)18(20)16-9-3-2-4-10-16/h2-6,8-10,12H,13H2,1H3. The van der Waals surface area contributed by atoms with Crippen molar-refractivity contribution in [1.82, 2.24) is 0 Å². The molecule has 0 saturated heterocycles. The number of rotatable bonds is 3. The van der Waals surface area contributed by atoms with Crippen LogP contribution in [0.5, 0.6) is 0 Å². The third-order valence-corrected chi connectivity index (χ3v) is 3.47. The van der Waals surface area contributed by atoms with Gasteiger partial charge in [0.2, 0.25) is 0 Å². The zero-order valence-electron chi connectivity index (χ0n) is 11.6. The van der Waals surface area contributed by atoms with Gasteiger partial charge < -0.3 is 0 Å². The second kappa shape index (κ2) is 7.47. The van der Waals surface area contributed by atoms with Crippen molar-refractivity contribution in [3.05, 3.63) is 71.3 Å². The molecule has 0 amide bonds. The highest BCUT2D eigenvalue weighted by Crippen LogP contribution is 2.14. The minimum atomic E-state index is -0.0419. The Bertz CT molecular complexity index is 709. The smallest absolute Gasteiger partial charge is 0.194 e. The van der Waals surface area contributed by atoms with Gasteiger partial charge in [-0.3, -0.25) is 9.59 Å². The van der Waals surface area contributed by atoms with Gasteiger partial charge in [0.1, 0.15) is 0 Å². The van der Waals surface area contributed by atoms with Crippen LogP contribution in [0, 0.1) is 11.8 Å². The van der Waals surface area contributed by atoms with Gasteiger partial charge in [-0.2, -0.15) is 0 Å². The van der Waals surface area contributed by atoms with Crippen molar-refractivity contribution in [2.24, 2.45) is 0 Å². The van der Waals surface area contributed by atoms with Crippen LogP contribution in [-0.4, -0.2) is 16.7 Å². The number of hydrogen-bond acceptors (Lipinski definition) is 3. The maximum absolute atomic E-state index is 12.5. The van der Waals surface area contributed by atoms with E-state index in [4.69, 9.17) is 0 Å². The van der Waals surface area contributed by atoms with Crippen LogP contribution >= 0.6 is 11.8 Å². The van der Waals surface area contributed by atoms with Crippen molar-refractivity contribution in [1.29, 1.82) is 0 Å². The molecule has 0 heterocycles. The Labute approximate surface area is 128 Å². The Hall–Kier alpha value is -2.31. The van der Waals surface area contributed by atoms with Crippen molar-refractivity contribution in [3.8, 4) is 11.8 Å². The Morgan fingerprint density at radius 2 is 1.67 bits per heavy atom. The zero-order chi connectivity index (χ0) is 15.1. The van der Waals surface area contributed by atoms with Crippen molar-refractivity contribution in [2.75, 3.05) is 5.75 Å². The molecule has 0 fully saturated rings. The maximum Gasteiger partial charge on any atom is 0.194 e. The van der Waals surface area contributed by atoms with E-state index in [1.807, 2.05) is 36.4 Å². The minimum absolute atomic E-state index is 0.0398. The summed E-state index contributed by atoms with van der Waals surface area (Å²) in [5, 5.41) is 0.0398. The van der Waals surface area contributed by atoms with E-state index in [1.165, 1.54) is 6.92 Å². The van der Waals surface area contributed by atoms with Crippen LogP contribution < -0.4 is 0 Å². The molecular weight excluding hydrogens is 280 g/mol. The summed E-state index contributed by atoms with van der Waals surface area (Å²) >= 11 is 1.16. The predicted molar refractivity (Wildman–Crippen MR) is 86.3 cm³/mol. The Balaban J connectivity index is 2.25. The average Bonchev–Trinajstić information content (AvgIpc) is 2.52. The van der Waals surface area contributed by atoms with E-state index in [9.17, 15) is 9.59 Å². The highest BCUT2D eigenvalue weighted by molar-refractivity contribution is 8.13. The minimum Gasteiger partial charge on any atom is -0.289 e. The van der Waals surface area contributed by atoms with E-state index in [2.05, 4.69) is 11.8 Å². The molecular formula is C18H14O2S. The number of carbonyl (C=O) groups excluding carboxylic acids is 2. The molecule has 0 aliphatic rings. The summed E-state index contributed by atoms with van der Waals surface area (Å²) in [7, 11) is 0. The molecule has 0 bridgehead atoms. The molecule has 21 heavy (non-hydrogen) atoms. The molecule has 0 saturated carbocycles. The molecule has 0 aliphatic heterocycles. The number of thioether (sulfide) groups is 1. The molecule has 0 aromatic heterocycles. The summed E-state index contributed by atoms with van der Waals surface area (Å²) in [6.07, 6.45) is 0. The molecule has 0 N–H and O–H groups in total. The van der Waals surface area contributed by atoms with Gasteiger partial charge in [-0.15, -0.1) is 0 Å². The molecule has 104 valence electrons. The fourth-order valence-electron chi connectivity index (χ4n) is 1.80. The summed E-state index contributed by atoms with van der Waals surface area (Å²) in [4.78, 5) is 23.3. The van der Waals surface area contributed by atoms with Crippen molar-refractivity contribution < 1.29 is 9.59 Å². The van der Waals surface area contributed by atoms with E-state index in [-0.39, 0.29) is 10.9 Å². The van der Waals surface area contributed by atoms with E-state index in [0.717, 1.165) is 11.8 Å². The summed E-state index contributed by atoms with van der Waals surface area (Å²) in [6.45, 7) is 1.51. The van der Waals surface area contributed by atoms with Crippen molar-refractivity contribution >= 4 is 22.7 Å². The van der Waals surface area contributed by atoms with E-state index in [1.54, 1.807) is 18.2 Å². The van der Waals surface area contributed by atoms with Gasteiger partial charge >= 0.3 is 0 Å². The van der Waals surface area contributed by atoms with E-state index >= 15 is 0 Å². The first kappa shape index (κ1) is 15.1. The van der Waals surface area contributed by atoms with E-state index in [0.29, 0.717) is 22.4 Å². The molecule has 2 aromatic rings. The Morgan fingerprint density at radius 3 is 2.38 bits per heavy atom. The normalized spacial score (nSPS) is 9.57. The molecule has 2 rings (SSSR count). The second-order valence-electron chi connectivity index (χ2n) is 4.32. The van der Waals surface area contributed by atoms with Gasteiger partial charge in [0, 0.05) is 23.6 Å². The van der Waals surface area contributed by atoms with Gasteiger partial charge in [0.05, 0.1) is 5.75 Å². The molecule has 3 heteroatoms. The van der Waals surface area contributed by atoms with Gasteiger partial charge in [0.25, 0.3) is 0 Å². The summed E-state index contributed by atoms with van der Waals surface area (Å²) in [5.74, 6) is 6.29. The zero-order valence-corrected chi connectivity index (χ0v) is 12.4. The SMILES string of the molecule is CC(=O)SCC#Cc1ccccc1C(=O)c1ccccc1. The highest BCUT2D eigenvalue weighted by atomic mass is 32.2. The molecule has 0 atom stereocenters. The first-order valence-corrected chi connectivity index (χ1v) is 7.48. The Kier molecular flexibility index (Phi) is 5.36. The molecule has 2 nitrogen and oxygen atoms in total. The number of carbonyl (C=O) groups is 2. The van der Waals surface area contributed by atoms with Crippen molar-refractivity contribution in [3.63, 3.8) is 0 Å². The summed E-state index contributed by atoms with van der Waals surface area (Å²) in [6, 6.07) is 16.4. The summed E-state index contributed by atoms with van der Waals surface area (Å²) in [5.41, 5.74) is 1.92. The number of hydrogen-bond donors (Lipinski definition) is 0. The molecule has 0 spiro atoms. The lowest BCUT2D eigenvalue weighted by Crippen LogP contribution is -2.03. The lowest BCUT2D eigenvalue weighted by Gasteiger charge is -2.03. The van der Waals surface area contributed by atoms with E-state index < -0.39 is 0 Å². The molecule has 0 unspecified atom stereocenters. The van der Waals surface area contributed by atoms with Crippen LogP contribution in [0.1, 0.15) is 28.4 Å². The van der Waals surface area contributed by atoms with Crippen LogP contribution in [0.3, 0.4) is 0 Å². The first-order valence-electron chi connectivity index (χ1n) is 6.49. The van der Waals surface area contributed by atoms with Crippen LogP contribution in [0.4, 0.5) is 0 Å². The fourth-order valence-corrected chi connectivity index (χ4v) is 2.15. The Morgan fingerprint density at radius 1 is 1.00 bits per heavy atom. The van der Waals surface area contributed by atoms with Crippen LogP contribution in [0.25, 0.3) is 0 Å². The molecule has 0 aliphatic carbocycles. The maximum atomic E-state index is 12.5. The monoisotopic (exact) mass is 294 g/mol. The van der Waals surface area contributed by atoms with Crippen molar-refractivity contribution in [2.45, 2.75) is 6.92 Å². The third kappa shape index (κ3) is 4.34. The quantitative estimate of drug-likeness (QED) is 0.641. The second-order valence-corrected chi connectivity index (χ2v) is 5.48. The van der Waals surface area contributed by atoms with Gasteiger partial charge in [-0.25, -0.2) is 0 Å². The first-order chi connectivity index (χ1) is 10.2. The predicted octanol–water partition coefficient (Wildman–Crippen LogP) is 3.55. The van der Waals surface area contributed by atoms with Crippen LogP contribution in [0.15, 0.2) is 54.6 Å². The number of benzene rings is 2. The lowest BCUT2D eigenvalue weighted by atomic mass is 9.99. The fraction of sp³-hybridized carbons (Fsp3) is 0.111. The third-order valence-electron chi connectivity index (χ3n) is 2.78. The van der Waals surface area contributed by atoms with Gasteiger partial charge in [-0.1, -0.05) is 66.1 Å². The summed E-state index contributed by atoms with van der Waals surface area (Å²) < 4.78 is 0. The molecule has 2 aromatic carbocycles.